The predicted molar refractivity (Wildman–Crippen MR) is 85.0 cm³/mol. The van der Waals surface area contributed by atoms with Crippen molar-refractivity contribution in [1.82, 2.24) is 5.32 Å². The van der Waals surface area contributed by atoms with Crippen LogP contribution in [0.5, 0.6) is 5.75 Å². The van der Waals surface area contributed by atoms with Crippen LogP contribution in [0.1, 0.15) is 15.9 Å². The third-order valence-electron chi connectivity index (χ3n) is 3.26. The van der Waals surface area contributed by atoms with Gasteiger partial charge in [-0.3, -0.25) is 4.79 Å². The van der Waals surface area contributed by atoms with E-state index in [-0.39, 0.29) is 5.91 Å². The molecule has 2 rings (SSSR count). The lowest BCUT2D eigenvalue weighted by Gasteiger charge is -2.12. The predicted octanol–water partition coefficient (Wildman–Crippen LogP) is 2.71. The van der Waals surface area contributed by atoms with Gasteiger partial charge in [-0.05, 0) is 43.8 Å². The first kappa shape index (κ1) is 15.1. The van der Waals surface area contributed by atoms with E-state index in [2.05, 4.69) is 10.6 Å². The lowest BCUT2D eigenvalue weighted by atomic mass is 10.0. The highest BCUT2D eigenvalue weighted by molar-refractivity contribution is 6.06. The summed E-state index contributed by atoms with van der Waals surface area (Å²) in [7, 11) is 3.49. The maximum atomic E-state index is 12.5. The SMILES string of the molecule is CNCCc1ccccc1C(=O)Nc1ccccc1OC. The van der Waals surface area contributed by atoms with Crippen molar-refractivity contribution in [1.29, 1.82) is 0 Å². The van der Waals surface area contributed by atoms with E-state index in [9.17, 15) is 4.79 Å². The van der Waals surface area contributed by atoms with Crippen LogP contribution in [0.2, 0.25) is 0 Å². The fourth-order valence-electron chi connectivity index (χ4n) is 2.16. The van der Waals surface area contributed by atoms with Gasteiger partial charge in [0.1, 0.15) is 5.75 Å². The molecule has 0 unspecified atom stereocenters. The van der Waals surface area contributed by atoms with Crippen LogP contribution in [0.4, 0.5) is 5.69 Å². The Kier molecular flexibility index (Phi) is 5.35. The number of ether oxygens (including phenoxy) is 1. The summed E-state index contributed by atoms with van der Waals surface area (Å²) >= 11 is 0. The molecule has 0 spiro atoms. The average molecular weight is 284 g/mol. The third kappa shape index (κ3) is 3.83. The zero-order chi connectivity index (χ0) is 15.1. The minimum absolute atomic E-state index is 0.119. The van der Waals surface area contributed by atoms with Gasteiger partial charge in [-0.15, -0.1) is 0 Å². The Balaban J connectivity index is 2.20. The molecule has 2 aromatic carbocycles. The summed E-state index contributed by atoms with van der Waals surface area (Å²) in [6.07, 6.45) is 0.812. The fourth-order valence-corrected chi connectivity index (χ4v) is 2.16. The van der Waals surface area contributed by atoms with Gasteiger partial charge in [-0.25, -0.2) is 0 Å². The molecule has 0 aliphatic rings. The molecule has 0 aliphatic carbocycles. The number of para-hydroxylation sites is 2. The Hall–Kier alpha value is -2.33. The van der Waals surface area contributed by atoms with E-state index in [1.807, 2.05) is 55.6 Å². The molecule has 4 nitrogen and oxygen atoms in total. The lowest BCUT2D eigenvalue weighted by Crippen LogP contribution is -2.17. The van der Waals surface area contributed by atoms with Crippen LogP contribution in [0.25, 0.3) is 0 Å². The minimum Gasteiger partial charge on any atom is -0.495 e. The zero-order valence-electron chi connectivity index (χ0n) is 12.3. The van der Waals surface area contributed by atoms with E-state index in [4.69, 9.17) is 4.74 Å². The normalized spacial score (nSPS) is 10.2. The monoisotopic (exact) mass is 284 g/mol. The molecule has 4 heteroatoms. The van der Waals surface area contributed by atoms with Gasteiger partial charge in [0.2, 0.25) is 0 Å². The first-order chi connectivity index (χ1) is 10.3. The van der Waals surface area contributed by atoms with Gasteiger partial charge >= 0.3 is 0 Å². The number of hydrogen-bond acceptors (Lipinski definition) is 3. The molecule has 0 fully saturated rings. The second-order valence-electron chi connectivity index (χ2n) is 4.67. The van der Waals surface area contributed by atoms with E-state index >= 15 is 0 Å². The summed E-state index contributed by atoms with van der Waals surface area (Å²) in [6.45, 7) is 0.832. The van der Waals surface area contributed by atoms with Crippen LogP contribution in [-0.2, 0) is 6.42 Å². The first-order valence-electron chi connectivity index (χ1n) is 6.93. The number of nitrogens with one attached hydrogen (secondary N) is 2. The van der Waals surface area contributed by atoms with Crippen LogP contribution in [0.15, 0.2) is 48.5 Å². The summed E-state index contributed by atoms with van der Waals surface area (Å²) < 4.78 is 5.25. The smallest absolute Gasteiger partial charge is 0.256 e. The van der Waals surface area contributed by atoms with E-state index < -0.39 is 0 Å². The van der Waals surface area contributed by atoms with Gasteiger partial charge in [-0.1, -0.05) is 30.3 Å². The highest BCUT2D eigenvalue weighted by atomic mass is 16.5. The molecule has 0 aromatic heterocycles. The molecule has 0 saturated carbocycles. The number of carbonyl (C=O) groups excluding carboxylic acids is 1. The first-order valence-corrected chi connectivity index (χ1v) is 6.93. The fraction of sp³-hybridized carbons (Fsp3) is 0.235. The molecule has 0 atom stereocenters. The standard InChI is InChI=1S/C17H20N2O2/c1-18-12-11-13-7-3-4-8-14(13)17(20)19-15-9-5-6-10-16(15)21-2/h3-10,18H,11-12H2,1-2H3,(H,19,20). The number of rotatable bonds is 6. The molecule has 21 heavy (non-hydrogen) atoms. The Morgan fingerprint density at radius 3 is 2.57 bits per heavy atom. The second-order valence-corrected chi connectivity index (χ2v) is 4.67. The van der Waals surface area contributed by atoms with Gasteiger partial charge < -0.3 is 15.4 Å². The lowest BCUT2D eigenvalue weighted by molar-refractivity contribution is 0.102. The van der Waals surface area contributed by atoms with Crippen molar-refractivity contribution in [2.45, 2.75) is 6.42 Å². The van der Waals surface area contributed by atoms with Crippen LogP contribution in [0, 0.1) is 0 Å². The molecular formula is C17H20N2O2. The number of likely N-dealkylation sites (N-methyl/N-ethyl adjacent to an activating group) is 1. The maximum Gasteiger partial charge on any atom is 0.256 e. The van der Waals surface area contributed by atoms with Crippen molar-refractivity contribution >= 4 is 11.6 Å². The molecular weight excluding hydrogens is 264 g/mol. The molecule has 0 heterocycles. The Bertz CT molecular complexity index is 611. The van der Waals surface area contributed by atoms with Crippen LogP contribution in [-0.4, -0.2) is 26.6 Å². The maximum absolute atomic E-state index is 12.5. The topological polar surface area (TPSA) is 50.4 Å². The van der Waals surface area contributed by atoms with Crippen LogP contribution < -0.4 is 15.4 Å². The van der Waals surface area contributed by atoms with Gasteiger partial charge in [0.15, 0.2) is 0 Å². The van der Waals surface area contributed by atoms with Gasteiger partial charge in [-0.2, -0.15) is 0 Å². The summed E-state index contributed by atoms with van der Waals surface area (Å²) in [5.74, 6) is 0.532. The highest BCUT2D eigenvalue weighted by Crippen LogP contribution is 2.24. The number of benzene rings is 2. The van der Waals surface area contributed by atoms with E-state index in [1.165, 1.54) is 0 Å². The number of hydrogen-bond donors (Lipinski definition) is 2. The molecule has 0 bridgehead atoms. The van der Waals surface area contributed by atoms with E-state index in [0.29, 0.717) is 17.0 Å². The summed E-state index contributed by atoms with van der Waals surface area (Å²) in [5.41, 5.74) is 2.39. The average Bonchev–Trinajstić information content (AvgIpc) is 2.53. The Morgan fingerprint density at radius 2 is 1.81 bits per heavy atom. The summed E-state index contributed by atoms with van der Waals surface area (Å²) in [5, 5.41) is 6.01. The molecule has 0 saturated heterocycles. The largest absolute Gasteiger partial charge is 0.495 e. The molecule has 0 aliphatic heterocycles. The van der Waals surface area contributed by atoms with Crippen molar-refractivity contribution in [3.63, 3.8) is 0 Å². The zero-order valence-corrected chi connectivity index (χ0v) is 12.3. The van der Waals surface area contributed by atoms with Gasteiger partial charge in [0.25, 0.3) is 5.91 Å². The Labute approximate surface area is 125 Å². The number of anilines is 1. The van der Waals surface area contributed by atoms with Crippen molar-refractivity contribution in [3.8, 4) is 5.75 Å². The number of amides is 1. The molecule has 1 amide bonds. The quantitative estimate of drug-likeness (QED) is 0.857. The third-order valence-corrected chi connectivity index (χ3v) is 3.26. The van der Waals surface area contributed by atoms with Crippen molar-refractivity contribution in [2.24, 2.45) is 0 Å². The summed E-state index contributed by atoms with van der Waals surface area (Å²) in [6, 6.07) is 15.0. The number of carbonyl (C=O) groups is 1. The van der Waals surface area contributed by atoms with Crippen molar-refractivity contribution in [3.05, 3.63) is 59.7 Å². The van der Waals surface area contributed by atoms with Crippen molar-refractivity contribution in [2.75, 3.05) is 26.0 Å². The highest BCUT2D eigenvalue weighted by Gasteiger charge is 2.12. The Morgan fingerprint density at radius 1 is 1.10 bits per heavy atom. The van der Waals surface area contributed by atoms with Gasteiger partial charge in [0.05, 0.1) is 12.8 Å². The minimum atomic E-state index is -0.119. The van der Waals surface area contributed by atoms with Crippen LogP contribution >= 0.6 is 0 Å². The van der Waals surface area contributed by atoms with Crippen molar-refractivity contribution < 1.29 is 9.53 Å². The van der Waals surface area contributed by atoms with Crippen LogP contribution in [0.3, 0.4) is 0 Å². The molecule has 2 aromatic rings. The van der Waals surface area contributed by atoms with E-state index in [1.54, 1.807) is 7.11 Å². The summed E-state index contributed by atoms with van der Waals surface area (Å²) in [4.78, 5) is 12.5. The second kappa shape index (κ2) is 7.45. The molecule has 110 valence electrons. The van der Waals surface area contributed by atoms with Gasteiger partial charge in [0, 0.05) is 5.56 Å². The van der Waals surface area contributed by atoms with E-state index in [0.717, 1.165) is 18.5 Å². The molecule has 0 radical (unpaired) electrons. The number of methoxy groups -OCH3 is 1. The molecule has 2 N–H and O–H groups in total.